The van der Waals surface area contributed by atoms with Gasteiger partial charge in [0, 0.05) is 37.7 Å². The zero-order valence-electron chi connectivity index (χ0n) is 16.9. The number of amides is 2. The third-order valence-electron chi connectivity index (χ3n) is 5.96. The van der Waals surface area contributed by atoms with E-state index in [-0.39, 0.29) is 23.5 Å². The maximum Gasteiger partial charge on any atom is 0.276 e. The summed E-state index contributed by atoms with van der Waals surface area (Å²) in [6, 6.07) is 4.60. The lowest BCUT2D eigenvalue weighted by Crippen LogP contribution is -2.38. The summed E-state index contributed by atoms with van der Waals surface area (Å²) in [5.41, 5.74) is 1.31. The van der Waals surface area contributed by atoms with Gasteiger partial charge in [-0.1, -0.05) is 6.07 Å². The number of piperidine rings is 1. The van der Waals surface area contributed by atoms with Crippen LogP contribution in [0.25, 0.3) is 0 Å². The summed E-state index contributed by atoms with van der Waals surface area (Å²) in [5.74, 6) is 0.646. The van der Waals surface area contributed by atoms with Gasteiger partial charge in [-0.05, 0) is 57.2 Å². The standard InChI is InChI=1S/C22H26FN3O3/c1-14-5-6-17(13-18(14)23)21(27)26-11-7-16(8-12-26)20-24-19(15(2)29-20)22(28)25-9-3-4-10-25/h5-6,13,16H,3-4,7-12H2,1-2H3. The molecule has 2 amide bonds. The van der Waals surface area contributed by atoms with Crippen molar-refractivity contribution < 1.29 is 18.4 Å². The molecule has 0 aliphatic carbocycles. The Labute approximate surface area is 169 Å². The molecule has 2 aliphatic rings. The summed E-state index contributed by atoms with van der Waals surface area (Å²) >= 11 is 0. The molecule has 0 spiro atoms. The number of halogens is 1. The molecule has 2 aromatic rings. The van der Waals surface area contributed by atoms with Crippen molar-refractivity contribution in [1.29, 1.82) is 0 Å². The quantitative estimate of drug-likeness (QED) is 0.790. The fourth-order valence-electron chi connectivity index (χ4n) is 4.10. The van der Waals surface area contributed by atoms with Gasteiger partial charge in [0.15, 0.2) is 11.6 Å². The van der Waals surface area contributed by atoms with Crippen molar-refractivity contribution in [2.75, 3.05) is 26.2 Å². The number of aryl methyl sites for hydroxylation is 2. The Hall–Kier alpha value is -2.70. The van der Waals surface area contributed by atoms with E-state index in [0.717, 1.165) is 25.9 Å². The number of nitrogens with zero attached hydrogens (tertiary/aromatic N) is 3. The first-order chi connectivity index (χ1) is 13.9. The van der Waals surface area contributed by atoms with Crippen molar-refractivity contribution in [2.45, 2.75) is 45.4 Å². The Morgan fingerprint density at radius 3 is 2.34 bits per heavy atom. The molecule has 0 atom stereocenters. The molecule has 0 unspecified atom stereocenters. The van der Waals surface area contributed by atoms with Gasteiger partial charge in [0.2, 0.25) is 0 Å². The van der Waals surface area contributed by atoms with Gasteiger partial charge in [-0.3, -0.25) is 9.59 Å². The molecule has 0 N–H and O–H groups in total. The average Bonchev–Trinajstić information content (AvgIpc) is 3.39. The van der Waals surface area contributed by atoms with E-state index in [1.54, 1.807) is 30.9 Å². The highest BCUT2D eigenvalue weighted by atomic mass is 19.1. The van der Waals surface area contributed by atoms with E-state index in [1.807, 2.05) is 4.90 Å². The number of likely N-dealkylation sites (tertiary alicyclic amines) is 2. The zero-order chi connectivity index (χ0) is 20.5. The lowest BCUT2D eigenvalue weighted by Gasteiger charge is -2.30. The van der Waals surface area contributed by atoms with Gasteiger partial charge in [0.05, 0.1) is 0 Å². The normalized spacial score (nSPS) is 17.8. The molecule has 7 heteroatoms. The number of benzene rings is 1. The summed E-state index contributed by atoms with van der Waals surface area (Å²) in [4.78, 5) is 33.4. The number of carbonyl (C=O) groups excluding carboxylic acids is 2. The molecule has 2 fully saturated rings. The van der Waals surface area contributed by atoms with Crippen molar-refractivity contribution in [3.05, 3.63) is 52.5 Å². The van der Waals surface area contributed by atoms with Crippen molar-refractivity contribution in [3.63, 3.8) is 0 Å². The number of oxazole rings is 1. The van der Waals surface area contributed by atoms with E-state index < -0.39 is 0 Å². The molecule has 1 aromatic carbocycles. The van der Waals surface area contributed by atoms with E-state index in [4.69, 9.17) is 4.42 Å². The van der Waals surface area contributed by atoms with E-state index in [9.17, 15) is 14.0 Å². The Bertz CT molecular complexity index is 925. The van der Waals surface area contributed by atoms with Crippen LogP contribution < -0.4 is 0 Å². The van der Waals surface area contributed by atoms with Crippen LogP contribution in [0.3, 0.4) is 0 Å². The molecule has 1 aromatic heterocycles. The molecule has 0 bridgehead atoms. The molecule has 3 heterocycles. The SMILES string of the molecule is Cc1ccc(C(=O)N2CCC(c3nc(C(=O)N4CCCC4)c(C)o3)CC2)cc1F. The molecule has 0 saturated carbocycles. The van der Waals surface area contributed by atoms with Crippen LogP contribution in [0.1, 0.15) is 69.7 Å². The van der Waals surface area contributed by atoms with Crippen molar-refractivity contribution >= 4 is 11.8 Å². The molecule has 154 valence electrons. The van der Waals surface area contributed by atoms with E-state index >= 15 is 0 Å². The van der Waals surface area contributed by atoms with E-state index in [1.165, 1.54) is 6.07 Å². The Balaban J connectivity index is 1.40. The Kier molecular flexibility index (Phi) is 5.39. The van der Waals surface area contributed by atoms with Crippen LogP contribution in [0.2, 0.25) is 0 Å². The molecule has 0 radical (unpaired) electrons. The van der Waals surface area contributed by atoms with Crippen LogP contribution in [0.5, 0.6) is 0 Å². The van der Waals surface area contributed by atoms with Crippen LogP contribution in [0, 0.1) is 19.7 Å². The molecule has 4 rings (SSSR count). The molecule has 2 saturated heterocycles. The minimum absolute atomic E-state index is 0.0518. The first-order valence-electron chi connectivity index (χ1n) is 10.3. The predicted octanol–water partition coefficient (Wildman–Crippen LogP) is 3.69. The third kappa shape index (κ3) is 3.91. The maximum atomic E-state index is 13.8. The highest BCUT2D eigenvalue weighted by Crippen LogP contribution is 2.30. The zero-order valence-corrected chi connectivity index (χ0v) is 16.9. The lowest BCUT2D eigenvalue weighted by atomic mass is 9.96. The fourth-order valence-corrected chi connectivity index (χ4v) is 4.10. The second-order valence-corrected chi connectivity index (χ2v) is 7.99. The van der Waals surface area contributed by atoms with Gasteiger partial charge >= 0.3 is 0 Å². The Morgan fingerprint density at radius 2 is 1.69 bits per heavy atom. The summed E-state index contributed by atoms with van der Waals surface area (Å²) in [5, 5.41) is 0. The van der Waals surface area contributed by atoms with E-state index in [2.05, 4.69) is 4.98 Å². The van der Waals surface area contributed by atoms with Crippen molar-refractivity contribution in [3.8, 4) is 0 Å². The largest absolute Gasteiger partial charge is 0.445 e. The highest BCUT2D eigenvalue weighted by molar-refractivity contribution is 5.94. The van der Waals surface area contributed by atoms with Gasteiger partial charge < -0.3 is 14.2 Å². The molecular weight excluding hydrogens is 373 g/mol. The summed E-state index contributed by atoms with van der Waals surface area (Å²) < 4.78 is 19.6. The predicted molar refractivity (Wildman–Crippen MR) is 105 cm³/mol. The highest BCUT2D eigenvalue weighted by Gasteiger charge is 2.31. The van der Waals surface area contributed by atoms with Crippen LogP contribution in [0.4, 0.5) is 4.39 Å². The smallest absolute Gasteiger partial charge is 0.276 e. The van der Waals surface area contributed by atoms with Crippen LogP contribution in [-0.2, 0) is 0 Å². The number of hydrogen-bond acceptors (Lipinski definition) is 4. The summed E-state index contributed by atoms with van der Waals surface area (Å²) in [6.45, 7) is 6.12. The van der Waals surface area contributed by atoms with Gasteiger partial charge in [-0.15, -0.1) is 0 Å². The molecule has 6 nitrogen and oxygen atoms in total. The third-order valence-corrected chi connectivity index (χ3v) is 5.96. The van der Waals surface area contributed by atoms with Crippen LogP contribution >= 0.6 is 0 Å². The summed E-state index contributed by atoms with van der Waals surface area (Å²) in [7, 11) is 0. The van der Waals surface area contributed by atoms with Gasteiger partial charge in [0.25, 0.3) is 11.8 Å². The lowest BCUT2D eigenvalue weighted by molar-refractivity contribution is 0.0705. The average molecular weight is 399 g/mol. The van der Waals surface area contributed by atoms with E-state index in [0.29, 0.717) is 54.4 Å². The van der Waals surface area contributed by atoms with Crippen LogP contribution in [-0.4, -0.2) is 52.8 Å². The Morgan fingerprint density at radius 1 is 1.03 bits per heavy atom. The minimum atomic E-state index is -0.365. The second-order valence-electron chi connectivity index (χ2n) is 7.99. The second kappa shape index (κ2) is 7.97. The molecular formula is C22H26FN3O3. The fraction of sp³-hybridized carbons (Fsp3) is 0.500. The van der Waals surface area contributed by atoms with Gasteiger partial charge in [-0.2, -0.15) is 0 Å². The molecule has 29 heavy (non-hydrogen) atoms. The topological polar surface area (TPSA) is 66.7 Å². The van der Waals surface area contributed by atoms with Crippen molar-refractivity contribution in [2.24, 2.45) is 0 Å². The monoisotopic (exact) mass is 399 g/mol. The summed E-state index contributed by atoms with van der Waals surface area (Å²) in [6.07, 6.45) is 3.48. The van der Waals surface area contributed by atoms with Gasteiger partial charge in [0.1, 0.15) is 11.6 Å². The minimum Gasteiger partial charge on any atom is -0.445 e. The number of aromatic nitrogens is 1. The first kappa shape index (κ1) is 19.6. The van der Waals surface area contributed by atoms with Crippen molar-refractivity contribution in [1.82, 2.24) is 14.8 Å². The number of hydrogen-bond donors (Lipinski definition) is 0. The van der Waals surface area contributed by atoms with Gasteiger partial charge in [-0.25, -0.2) is 9.37 Å². The number of rotatable bonds is 3. The van der Waals surface area contributed by atoms with Crippen LogP contribution in [0.15, 0.2) is 22.6 Å². The first-order valence-corrected chi connectivity index (χ1v) is 10.3. The molecule has 2 aliphatic heterocycles. The maximum absolute atomic E-state index is 13.8. The number of carbonyl (C=O) groups is 2.